The fourth-order valence-corrected chi connectivity index (χ4v) is 3.70. The summed E-state index contributed by atoms with van der Waals surface area (Å²) >= 11 is 0. The van der Waals surface area contributed by atoms with Gasteiger partial charge in [0.2, 0.25) is 0 Å². The number of benzene rings is 1. The maximum Gasteiger partial charge on any atom is 0.319 e. The fourth-order valence-electron chi connectivity index (χ4n) is 3.70. The lowest BCUT2D eigenvalue weighted by molar-refractivity contribution is 0.00998. The number of nitrogens with one attached hydrogen (secondary N) is 2. The lowest BCUT2D eigenvalue weighted by Gasteiger charge is -2.21. The monoisotopic (exact) mass is 348 g/mol. The van der Waals surface area contributed by atoms with E-state index in [-0.39, 0.29) is 17.7 Å². The summed E-state index contributed by atoms with van der Waals surface area (Å²) in [4.78, 5) is 12.3. The molecule has 0 unspecified atom stereocenters. The molecular weight excluding hydrogens is 320 g/mol. The fraction of sp³-hybridized carbons (Fsp3) is 0.632. The van der Waals surface area contributed by atoms with E-state index in [0.29, 0.717) is 37.9 Å². The van der Waals surface area contributed by atoms with E-state index in [9.17, 15) is 4.79 Å². The van der Waals surface area contributed by atoms with Crippen LogP contribution in [0.3, 0.4) is 0 Å². The summed E-state index contributed by atoms with van der Waals surface area (Å²) in [7, 11) is 0. The molecule has 1 spiro atoms. The second kappa shape index (κ2) is 8.54. The Balaban J connectivity index is 1.49. The van der Waals surface area contributed by atoms with Crippen LogP contribution in [0.15, 0.2) is 24.3 Å². The molecule has 2 N–H and O–H groups in total. The van der Waals surface area contributed by atoms with Crippen molar-refractivity contribution in [3.8, 4) is 5.75 Å². The third-order valence-corrected chi connectivity index (χ3v) is 4.88. The molecule has 138 valence electrons. The van der Waals surface area contributed by atoms with Crippen molar-refractivity contribution >= 4 is 11.7 Å². The van der Waals surface area contributed by atoms with Gasteiger partial charge in [-0.05, 0) is 38.3 Å². The Morgan fingerprint density at radius 2 is 2.08 bits per heavy atom. The third-order valence-electron chi connectivity index (χ3n) is 4.88. The van der Waals surface area contributed by atoms with Crippen molar-refractivity contribution < 1.29 is 19.0 Å². The summed E-state index contributed by atoms with van der Waals surface area (Å²) in [6.45, 7) is 4.18. The van der Waals surface area contributed by atoms with E-state index < -0.39 is 0 Å². The highest BCUT2D eigenvalue weighted by Crippen LogP contribution is 2.40. The van der Waals surface area contributed by atoms with Crippen molar-refractivity contribution in [2.24, 2.45) is 0 Å². The lowest BCUT2D eigenvalue weighted by atomic mass is 9.96. The average molecular weight is 348 g/mol. The number of para-hydroxylation sites is 2. The van der Waals surface area contributed by atoms with Crippen LogP contribution in [0.4, 0.5) is 10.5 Å². The minimum absolute atomic E-state index is 0.0121. The normalized spacial score (nSPS) is 21.4. The van der Waals surface area contributed by atoms with Crippen LogP contribution in [-0.2, 0) is 9.47 Å². The smallest absolute Gasteiger partial charge is 0.319 e. The lowest BCUT2D eigenvalue weighted by Crippen LogP contribution is -2.39. The van der Waals surface area contributed by atoms with Crippen LogP contribution in [0.1, 0.15) is 39.0 Å². The first kappa shape index (κ1) is 18.0. The molecule has 2 fully saturated rings. The molecule has 1 saturated carbocycles. The summed E-state index contributed by atoms with van der Waals surface area (Å²) in [5, 5.41) is 5.91. The number of hydrogen-bond donors (Lipinski definition) is 2. The van der Waals surface area contributed by atoms with Gasteiger partial charge < -0.3 is 24.8 Å². The van der Waals surface area contributed by atoms with E-state index in [1.165, 1.54) is 12.8 Å². The Labute approximate surface area is 149 Å². The molecule has 1 saturated heterocycles. The van der Waals surface area contributed by atoms with E-state index >= 15 is 0 Å². The molecule has 0 radical (unpaired) electrons. The van der Waals surface area contributed by atoms with Crippen molar-refractivity contribution in [3.05, 3.63) is 24.3 Å². The number of hydrogen-bond acceptors (Lipinski definition) is 4. The van der Waals surface area contributed by atoms with Gasteiger partial charge in [0, 0.05) is 6.61 Å². The van der Waals surface area contributed by atoms with E-state index in [1.54, 1.807) is 0 Å². The molecule has 1 aliphatic carbocycles. The number of rotatable bonds is 7. The van der Waals surface area contributed by atoms with E-state index in [0.717, 1.165) is 19.3 Å². The molecule has 0 bridgehead atoms. The summed E-state index contributed by atoms with van der Waals surface area (Å²) in [5.41, 5.74) is 0.670. The number of anilines is 1. The van der Waals surface area contributed by atoms with Crippen LogP contribution in [0.2, 0.25) is 0 Å². The molecule has 1 heterocycles. The SMILES string of the molecule is CCOCCOc1ccccc1NC(=O)N[C@H]1COC2(CCCC2)C1. The molecule has 6 heteroatoms. The van der Waals surface area contributed by atoms with Gasteiger partial charge in [0.15, 0.2) is 0 Å². The van der Waals surface area contributed by atoms with Crippen LogP contribution in [0.5, 0.6) is 5.75 Å². The van der Waals surface area contributed by atoms with E-state index in [2.05, 4.69) is 10.6 Å². The Morgan fingerprint density at radius 3 is 2.88 bits per heavy atom. The predicted molar refractivity (Wildman–Crippen MR) is 96.1 cm³/mol. The molecular formula is C19H28N2O4. The molecule has 1 atom stereocenters. The summed E-state index contributed by atoms with van der Waals surface area (Å²) in [6.07, 6.45) is 5.59. The minimum Gasteiger partial charge on any atom is -0.489 e. The van der Waals surface area contributed by atoms with Crippen molar-refractivity contribution in [2.45, 2.75) is 50.7 Å². The quantitative estimate of drug-likeness (QED) is 0.742. The molecule has 1 aliphatic heterocycles. The second-order valence-corrected chi connectivity index (χ2v) is 6.74. The molecule has 1 aromatic carbocycles. The minimum atomic E-state index is -0.218. The maximum atomic E-state index is 12.3. The van der Waals surface area contributed by atoms with E-state index in [4.69, 9.17) is 14.2 Å². The van der Waals surface area contributed by atoms with Crippen LogP contribution >= 0.6 is 0 Å². The Kier molecular flexibility index (Phi) is 6.15. The Bertz CT molecular complexity index is 572. The second-order valence-electron chi connectivity index (χ2n) is 6.74. The first-order valence-corrected chi connectivity index (χ1v) is 9.22. The van der Waals surface area contributed by atoms with Gasteiger partial charge in [0.1, 0.15) is 12.4 Å². The first-order chi connectivity index (χ1) is 12.2. The van der Waals surface area contributed by atoms with Gasteiger partial charge in [-0.15, -0.1) is 0 Å². The van der Waals surface area contributed by atoms with Crippen molar-refractivity contribution in [1.82, 2.24) is 5.32 Å². The van der Waals surface area contributed by atoms with Crippen LogP contribution in [-0.4, -0.2) is 44.1 Å². The van der Waals surface area contributed by atoms with Crippen LogP contribution in [0, 0.1) is 0 Å². The zero-order valence-electron chi connectivity index (χ0n) is 14.9. The predicted octanol–water partition coefficient (Wildman–Crippen LogP) is 3.33. The standard InChI is InChI=1S/C19H28N2O4/c1-2-23-11-12-24-17-8-4-3-7-16(17)21-18(22)20-15-13-19(25-14-15)9-5-6-10-19/h3-4,7-8,15H,2,5-6,9-14H2,1H3,(H2,20,21,22)/t15-/m1/s1. The average Bonchev–Trinajstić information content (AvgIpc) is 3.23. The van der Waals surface area contributed by atoms with Crippen LogP contribution < -0.4 is 15.4 Å². The van der Waals surface area contributed by atoms with Gasteiger partial charge in [-0.1, -0.05) is 25.0 Å². The highest BCUT2D eigenvalue weighted by Gasteiger charge is 2.42. The topological polar surface area (TPSA) is 68.8 Å². The summed E-state index contributed by atoms with van der Waals surface area (Å²) in [5.74, 6) is 0.646. The van der Waals surface area contributed by atoms with Gasteiger partial charge in [-0.3, -0.25) is 0 Å². The highest BCUT2D eigenvalue weighted by atomic mass is 16.5. The zero-order chi connectivity index (χ0) is 17.5. The van der Waals surface area contributed by atoms with Crippen molar-refractivity contribution in [2.75, 3.05) is 31.7 Å². The number of carbonyl (C=O) groups excluding carboxylic acids is 1. The molecule has 2 aliphatic rings. The van der Waals surface area contributed by atoms with Gasteiger partial charge in [0.05, 0.1) is 30.5 Å². The molecule has 1 aromatic rings. The zero-order valence-corrected chi connectivity index (χ0v) is 14.9. The molecule has 0 aromatic heterocycles. The first-order valence-electron chi connectivity index (χ1n) is 9.22. The maximum absolute atomic E-state index is 12.3. The third kappa shape index (κ3) is 4.86. The largest absolute Gasteiger partial charge is 0.489 e. The summed E-state index contributed by atoms with van der Waals surface area (Å²) in [6, 6.07) is 7.28. The number of urea groups is 1. The van der Waals surface area contributed by atoms with Gasteiger partial charge >= 0.3 is 6.03 Å². The molecule has 25 heavy (non-hydrogen) atoms. The summed E-state index contributed by atoms with van der Waals surface area (Å²) < 4.78 is 16.9. The highest BCUT2D eigenvalue weighted by molar-refractivity contribution is 5.91. The molecule has 2 amide bonds. The van der Waals surface area contributed by atoms with E-state index in [1.807, 2.05) is 31.2 Å². The van der Waals surface area contributed by atoms with Gasteiger partial charge in [-0.2, -0.15) is 0 Å². The Morgan fingerprint density at radius 1 is 1.28 bits per heavy atom. The molecule has 6 nitrogen and oxygen atoms in total. The van der Waals surface area contributed by atoms with Gasteiger partial charge in [-0.25, -0.2) is 4.79 Å². The van der Waals surface area contributed by atoms with Crippen LogP contribution in [0.25, 0.3) is 0 Å². The number of carbonyl (C=O) groups is 1. The Hall–Kier alpha value is -1.79. The van der Waals surface area contributed by atoms with Crippen molar-refractivity contribution in [3.63, 3.8) is 0 Å². The van der Waals surface area contributed by atoms with Gasteiger partial charge in [0.25, 0.3) is 0 Å². The molecule has 3 rings (SSSR count). The number of amides is 2. The van der Waals surface area contributed by atoms with Crippen molar-refractivity contribution in [1.29, 1.82) is 0 Å². The number of ether oxygens (including phenoxy) is 3.